The average Bonchev–Trinajstić information content (AvgIpc) is 2.81. The van der Waals surface area contributed by atoms with Crippen molar-refractivity contribution >= 4 is 17.3 Å². The summed E-state index contributed by atoms with van der Waals surface area (Å²) in [5, 5.41) is 13.9. The number of nitrogens with two attached hydrogens (primary N) is 1. The van der Waals surface area contributed by atoms with Crippen LogP contribution in [0.5, 0.6) is 0 Å². The lowest BCUT2D eigenvalue weighted by Gasteiger charge is -2.21. The van der Waals surface area contributed by atoms with Crippen molar-refractivity contribution in [3.8, 4) is 0 Å². The van der Waals surface area contributed by atoms with E-state index < -0.39 is 10.3 Å². The summed E-state index contributed by atoms with van der Waals surface area (Å²) < 4.78 is 0. The van der Waals surface area contributed by atoms with Gasteiger partial charge in [-0.3, -0.25) is 19.8 Å². The Bertz CT molecular complexity index is 575. The molecule has 0 spiro atoms. The summed E-state index contributed by atoms with van der Waals surface area (Å²) in [5.41, 5.74) is 6.70. The van der Waals surface area contributed by atoms with Crippen molar-refractivity contribution in [3.05, 3.63) is 33.9 Å². The minimum Gasteiger partial charge on any atom is -0.388 e. The molecule has 1 aromatic carbocycles. The third-order valence-corrected chi connectivity index (χ3v) is 4.11. The number of nitro groups is 1. The Morgan fingerprint density at radius 2 is 2.29 bits per heavy atom. The highest BCUT2D eigenvalue weighted by Crippen LogP contribution is 2.32. The minimum atomic E-state index is -0.513. The van der Waals surface area contributed by atoms with Gasteiger partial charge in [0, 0.05) is 38.0 Å². The van der Waals surface area contributed by atoms with Gasteiger partial charge < -0.3 is 11.1 Å². The molecule has 21 heavy (non-hydrogen) atoms. The second kappa shape index (κ2) is 5.69. The van der Waals surface area contributed by atoms with Crippen molar-refractivity contribution in [3.63, 3.8) is 0 Å². The maximum absolute atomic E-state index is 11.5. The first kappa shape index (κ1) is 15.2. The van der Waals surface area contributed by atoms with E-state index in [2.05, 4.69) is 10.2 Å². The van der Waals surface area contributed by atoms with Crippen LogP contribution >= 0.6 is 0 Å². The predicted octanol–water partition coefficient (Wildman–Crippen LogP) is 1.33. The number of non-ortho nitro benzene ring substituents is 1. The molecule has 0 radical (unpaired) electrons. The summed E-state index contributed by atoms with van der Waals surface area (Å²) in [6, 6.07) is 4.76. The van der Waals surface area contributed by atoms with Crippen LogP contribution in [0.1, 0.15) is 18.9 Å². The van der Waals surface area contributed by atoms with Gasteiger partial charge in [-0.15, -0.1) is 0 Å². The van der Waals surface area contributed by atoms with E-state index >= 15 is 0 Å². The van der Waals surface area contributed by atoms with Crippen LogP contribution in [0.15, 0.2) is 18.2 Å². The first-order valence-electron chi connectivity index (χ1n) is 6.83. The summed E-state index contributed by atoms with van der Waals surface area (Å²) in [6.45, 7) is 3.75. The fourth-order valence-corrected chi connectivity index (χ4v) is 2.70. The number of nitrogens with zero attached hydrogens (tertiary/aromatic N) is 2. The second-order valence-corrected chi connectivity index (χ2v) is 5.73. The molecule has 0 aliphatic carbocycles. The summed E-state index contributed by atoms with van der Waals surface area (Å²) in [5.74, 6) is -0.294. The highest BCUT2D eigenvalue weighted by molar-refractivity contribution is 5.81. The van der Waals surface area contributed by atoms with Crippen molar-refractivity contribution in [2.45, 2.75) is 19.9 Å². The molecule has 1 aliphatic rings. The Morgan fingerprint density at radius 1 is 1.57 bits per heavy atom. The van der Waals surface area contributed by atoms with Crippen LogP contribution in [0.2, 0.25) is 0 Å². The molecule has 114 valence electrons. The van der Waals surface area contributed by atoms with Gasteiger partial charge in [0.1, 0.15) is 0 Å². The zero-order valence-corrected chi connectivity index (χ0v) is 12.3. The fraction of sp³-hybridized carbons (Fsp3) is 0.500. The lowest BCUT2D eigenvalue weighted by Crippen LogP contribution is -2.37. The van der Waals surface area contributed by atoms with Crippen LogP contribution < -0.4 is 11.1 Å². The maximum atomic E-state index is 11.5. The van der Waals surface area contributed by atoms with Gasteiger partial charge in [-0.2, -0.15) is 0 Å². The number of rotatable bonds is 5. The molecule has 7 nitrogen and oxygen atoms in total. The number of nitro benzene ring substituents is 1. The van der Waals surface area contributed by atoms with E-state index in [0.717, 1.165) is 17.8 Å². The van der Waals surface area contributed by atoms with Crippen LogP contribution in [-0.4, -0.2) is 35.9 Å². The number of carbonyl (C=O) groups excluding carboxylic acids is 1. The number of hydrogen-bond acceptors (Lipinski definition) is 5. The van der Waals surface area contributed by atoms with Crippen LogP contribution in [0, 0.1) is 15.5 Å². The molecule has 1 aliphatic heterocycles. The van der Waals surface area contributed by atoms with Gasteiger partial charge in [-0.1, -0.05) is 0 Å². The van der Waals surface area contributed by atoms with Gasteiger partial charge in [0.2, 0.25) is 5.91 Å². The molecular weight excluding hydrogens is 272 g/mol. The first-order valence-corrected chi connectivity index (χ1v) is 6.83. The van der Waals surface area contributed by atoms with Gasteiger partial charge in [0.15, 0.2) is 0 Å². The molecule has 1 saturated heterocycles. The Morgan fingerprint density at radius 3 is 2.81 bits per heavy atom. The number of nitrogens with one attached hydrogen (secondary N) is 1. The first-order chi connectivity index (χ1) is 9.85. The number of benzene rings is 1. The summed E-state index contributed by atoms with van der Waals surface area (Å²) in [6.07, 6.45) is 0.714. The molecule has 7 heteroatoms. The SMILES string of the molecule is CNc1ccc([N+](=O)[O-])cc1CN1CCC(C)(C(N)=O)C1. The van der Waals surface area contributed by atoms with E-state index in [9.17, 15) is 14.9 Å². The van der Waals surface area contributed by atoms with E-state index in [1.54, 1.807) is 19.2 Å². The van der Waals surface area contributed by atoms with Gasteiger partial charge in [0.05, 0.1) is 10.3 Å². The Labute approximate surface area is 123 Å². The van der Waals surface area contributed by atoms with Crippen molar-refractivity contribution in [2.75, 3.05) is 25.5 Å². The molecule has 1 atom stereocenters. The van der Waals surface area contributed by atoms with Gasteiger partial charge in [-0.25, -0.2) is 0 Å². The lowest BCUT2D eigenvalue weighted by atomic mass is 9.89. The quantitative estimate of drug-likeness (QED) is 0.630. The number of likely N-dealkylation sites (tertiary alicyclic amines) is 1. The highest BCUT2D eigenvalue weighted by Gasteiger charge is 2.38. The Kier molecular flexibility index (Phi) is 4.13. The van der Waals surface area contributed by atoms with E-state index in [1.165, 1.54) is 6.07 Å². The molecule has 1 fully saturated rings. The molecular formula is C14H20N4O3. The van der Waals surface area contributed by atoms with Crippen molar-refractivity contribution < 1.29 is 9.72 Å². The van der Waals surface area contributed by atoms with Crippen LogP contribution in [0.25, 0.3) is 0 Å². The number of carbonyl (C=O) groups is 1. The number of anilines is 1. The van der Waals surface area contributed by atoms with Gasteiger partial charge >= 0.3 is 0 Å². The predicted molar refractivity (Wildman–Crippen MR) is 79.8 cm³/mol. The van der Waals surface area contributed by atoms with Crippen molar-refractivity contribution in [1.29, 1.82) is 0 Å². The van der Waals surface area contributed by atoms with Crippen LogP contribution in [0.3, 0.4) is 0 Å². The molecule has 1 amide bonds. The molecule has 1 aromatic rings. The van der Waals surface area contributed by atoms with Crippen molar-refractivity contribution in [1.82, 2.24) is 4.90 Å². The van der Waals surface area contributed by atoms with E-state index in [0.29, 0.717) is 19.5 Å². The number of hydrogen-bond donors (Lipinski definition) is 2. The summed E-state index contributed by atoms with van der Waals surface area (Å²) in [4.78, 5) is 24.1. The molecule has 2 rings (SSSR count). The molecule has 1 unspecified atom stereocenters. The average molecular weight is 292 g/mol. The monoisotopic (exact) mass is 292 g/mol. The normalized spacial score (nSPS) is 22.2. The van der Waals surface area contributed by atoms with Crippen LogP contribution in [0.4, 0.5) is 11.4 Å². The summed E-state index contributed by atoms with van der Waals surface area (Å²) in [7, 11) is 1.78. The van der Waals surface area contributed by atoms with E-state index in [1.807, 2.05) is 6.92 Å². The second-order valence-electron chi connectivity index (χ2n) is 5.73. The maximum Gasteiger partial charge on any atom is 0.269 e. The third kappa shape index (κ3) is 3.13. The highest BCUT2D eigenvalue weighted by atomic mass is 16.6. The molecule has 3 N–H and O–H groups in total. The zero-order chi connectivity index (χ0) is 15.6. The van der Waals surface area contributed by atoms with Gasteiger partial charge in [-0.05, 0) is 31.5 Å². The molecule has 0 bridgehead atoms. The molecule has 0 saturated carbocycles. The zero-order valence-electron chi connectivity index (χ0n) is 12.3. The minimum absolute atomic E-state index is 0.0702. The smallest absolute Gasteiger partial charge is 0.269 e. The lowest BCUT2D eigenvalue weighted by molar-refractivity contribution is -0.384. The standard InChI is InChI=1S/C14H20N4O3/c1-14(13(15)19)5-6-17(9-14)8-10-7-11(18(20)21)3-4-12(10)16-2/h3-4,7,16H,5-6,8-9H2,1-2H3,(H2,15,19). The van der Waals surface area contributed by atoms with Gasteiger partial charge in [0.25, 0.3) is 5.69 Å². The summed E-state index contributed by atoms with van der Waals surface area (Å²) >= 11 is 0. The number of primary amides is 1. The van der Waals surface area contributed by atoms with E-state index in [-0.39, 0.29) is 11.6 Å². The largest absolute Gasteiger partial charge is 0.388 e. The number of amides is 1. The van der Waals surface area contributed by atoms with E-state index in [4.69, 9.17) is 5.73 Å². The third-order valence-electron chi connectivity index (χ3n) is 4.11. The van der Waals surface area contributed by atoms with Crippen LogP contribution in [-0.2, 0) is 11.3 Å². The van der Waals surface area contributed by atoms with Crippen molar-refractivity contribution in [2.24, 2.45) is 11.1 Å². The topological polar surface area (TPSA) is 102 Å². The Balaban J connectivity index is 2.18. The fourth-order valence-electron chi connectivity index (χ4n) is 2.70. The Hall–Kier alpha value is -2.15. The molecule has 1 heterocycles. The molecule has 0 aromatic heterocycles.